The van der Waals surface area contributed by atoms with Crippen molar-refractivity contribution in [3.63, 3.8) is 0 Å². The van der Waals surface area contributed by atoms with Crippen molar-refractivity contribution in [1.82, 2.24) is 5.32 Å². The summed E-state index contributed by atoms with van der Waals surface area (Å²) < 4.78 is 6.05. The molecule has 1 aromatic rings. The molecule has 2 bridgehead atoms. The van der Waals surface area contributed by atoms with Crippen molar-refractivity contribution >= 4 is 12.4 Å². The molecule has 0 aliphatic carbocycles. The highest BCUT2D eigenvalue weighted by atomic mass is 35.5. The van der Waals surface area contributed by atoms with Gasteiger partial charge in [-0.05, 0) is 38.2 Å². The molecule has 2 aliphatic heterocycles. The Morgan fingerprint density at radius 2 is 1.72 bits per heavy atom. The van der Waals surface area contributed by atoms with Crippen LogP contribution >= 0.6 is 12.4 Å². The molecular formula is C15H22ClNO. The topological polar surface area (TPSA) is 21.3 Å². The fourth-order valence-electron chi connectivity index (χ4n) is 3.04. The zero-order valence-corrected chi connectivity index (χ0v) is 11.7. The lowest BCUT2D eigenvalue weighted by molar-refractivity contribution is 0.00917. The molecule has 1 aromatic carbocycles. The Bertz CT molecular complexity index is 367. The van der Waals surface area contributed by atoms with Gasteiger partial charge in [-0.25, -0.2) is 0 Å². The SMILES string of the molecule is Cc1ccc(CO[C@H]2C[C@H]3CC[C@@H](C2)N3)cc1.Cl. The van der Waals surface area contributed by atoms with Gasteiger partial charge in [-0.1, -0.05) is 29.8 Å². The first kappa shape index (κ1) is 13.9. The molecule has 0 spiro atoms. The lowest BCUT2D eigenvalue weighted by Crippen LogP contribution is -2.41. The average molecular weight is 268 g/mol. The van der Waals surface area contributed by atoms with Gasteiger partial charge in [0, 0.05) is 12.1 Å². The van der Waals surface area contributed by atoms with Crippen molar-refractivity contribution in [2.24, 2.45) is 0 Å². The van der Waals surface area contributed by atoms with E-state index in [1.54, 1.807) is 0 Å². The van der Waals surface area contributed by atoms with Crippen LogP contribution in [0.25, 0.3) is 0 Å². The number of hydrogen-bond donors (Lipinski definition) is 1. The third-order valence-electron chi connectivity index (χ3n) is 4.04. The third kappa shape index (κ3) is 3.25. The van der Waals surface area contributed by atoms with Crippen molar-refractivity contribution < 1.29 is 4.74 Å². The molecule has 3 heteroatoms. The van der Waals surface area contributed by atoms with Gasteiger partial charge in [-0.15, -0.1) is 12.4 Å². The molecule has 0 aromatic heterocycles. The Morgan fingerprint density at radius 3 is 2.33 bits per heavy atom. The van der Waals surface area contributed by atoms with Crippen molar-refractivity contribution in [2.75, 3.05) is 0 Å². The molecule has 0 radical (unpaired) electrons. The maximum Gasteiger partial charge on any atom is 0.0720 e. The van der Waals surface area contributed by atoms with E-state index in [-0.39, 0.29) is 12.4 Å². The van der Waals surface area contributed by atoms with E-state index in [4.69, 9.17) is 4.74 Å². The lowest BCUT2D eigenvalue weighted by Gasteiger charge is -2.29. The van der Waals surface area contributed by atoms with Gasteiger partial charge in [0.05, 0.1) is 12.7 Å². The fraction of sp³-hybridized carbons (Fsp3) is 0.600. The van der Waals surface area contributed by atoms with Crippen LogP contribution in [-0.2, 0) is 11.3 Å². The fourth-order valence-corrected chi connectivity index (χ4v) is 3.04. The summed E-state index contributed by atoms with van der Waals surface area (Å²) in [5.41, 5.74) is 2.61. The number of halogens is 1. The molecule has 2 nitrogen and oxygen atoms in total. The number of fused-ring (bicyclic) bond motifs is 2. The Labute approximate surface area is 116 Å². The van der Waals surface area contributed by atoms with Crippen LogP contribution in [0.3, 0.4) is 0 Å². The van der Waals surface area contributed by atoms with Crippen molar-refractivity contribution in [3.05, 3.63) is 35.4 Å². The standard InChI is InChI=1S/C15H21NO.ClH/c1-11-2-4-12(5-3-11)10-17-15-8-13-6-7-14(9-15)16-13;/h2-5,13-16H,6-10H2,1H3;1H/t13-,14+,15+;. The van der Waals surface area contributed by atoms with Gasteiger partial charge in [0.25, 0.3) is 0 Å². The Balaban J connectivity index is 0.00000120. The van der Waals surface area contributed by atoms with Gasteiger partial charge < -0.3 is 10.1 Å². The van der Waals surface area contributed by atoms with Crippen LogP contribution in [0.15, 0.2) is 24.3 Å². The first-order valence-electron chi connectivity index (χ1n) is 6.73. The smallest absolute Gasteiger partial charge is 0.0720 e. The molecular weight excluding hydrogens is 246 g/mol. The molecule has 0 saturated carbocycles. The van der Waals surface area contributed by atoms with Crippen LogP contribution in [0, 0.1) is 6.92 Å². The van der Waals surface area contributed by atoms with E-state index >= 15 is 0 Å². The second-order valence-corrected chi connectivity index (χ2v) is 5.53. The van der Waals surface area contributed by atoms with Gasteiger partial charge in [0.1, 0.15) is 0 Å². The normalized spacial score (nSPS) is 29.9. The minimum absolute atomic E-state index is 0. The number of aryl methyl sites for hydroxylation is 1. The molecule has 2 heterocycles. The number of benzene rings is 1. The van der Waals surface area contributed by atoms with E-state index < -0.39 is 0 Å². The highest BCUT2D eigenvalue weighted by molar-refractivity contribution is 5.85. The van der Waals surface area contributed by atoms with Crippen LogP contribution in [0.2, 0.25) is 0 Å². The van der Waals surface area contributed by atoms with Crippen LogP contribution in [0.4, 0.5) is 0 Å². The lowest BCUT2D eigenvalue weighted by atomic mass is 10.0. The van der Waals surface area contributed by atoms with E-state index in [1.165, 1.54) is 36.8 Å². The molecule has 2 saturated heterocycles. The van der Waals surface area contributed by atoms with E-state index in [9.17, 15) is 0 Å². The maximum absolute atomic E-state index is 6.05. The minimum Gasteiger partial charge on any atom is -0.373 e. The summed E-state index contributed by atoms with van der Waals surface area (Å²) >= 11 is 0. The largest absolute Gasteiger partial charge is 0.373 e. The molecule has 3 atom stereocenters. The van der Waals surface area contributed by atoms with Crippen LogP contribution in [0.1, 0.15) is 36.8 Å². The zero-order valence-electron chi connectivity index (χ0n) is 10.9. The van der Waals surface area contributed by atoms with Crippen molar-refractivity contribution in [1.29, 1.82) is 0 Å². The number of ether oxygens (including phenoxy) is 1. The summed E-state index contributed by atoms with van der Waals surface area (Å²) in [6.45, 7) is 2.89. The summed E-state index contributed by atoms with van der Waals surface area (Å²) in [7, 11) is 0. The van der Waals surface area contributed by atoms with Crippen molar-refractivity contribution in [3.8, 4) is 0 Å². The van der Waals surface area contributed by atoms with Gasteiger partial charge in [0.2, 0.25) is 0 Å². The first-order chi connectivity index (χ1) is 8.29. The monoisotopic (exact) mass is 267 g/mol. The second kappa shape index (κ2) is 6.05. The predicted octanol–water partition coefficient (Wildman–Crippen LogP) is 3.22. The summed E-state index contributed by atoms with van der Waals surface area (Å²) in [6, 6.07) is 10.1. The summed E-state index contributed by atoms with van der Waals surface area (Å²) in [5.74, 6) is 0. The quantitative estimate of drug-likeness (QED) is 0.908. The maximum atomic E-state index is 6.05. The van der Waals surface area contributed by atoms with E-state index in [2.05, 4.69) is 36.5 Å². The third-order valence-corrected chi connectivity index (χ3v) is 4.04. The van der Waals surface area contributed by atoms with Crippen LogP contribution in [0.5, 0.6) is 0 Å². The van der Waals surface area contributed by atoms with E-state index in [1.807, 2.05) is 0 Å². The van der Waals surface area contributed by atoms with Gasteiger partial charge in [-0.3, -0.25) is 0 Å². The number of piperidine rings is 1. The summed E-state index contributed by atoms with van der Waals surface area (Å²) in [5, 5.41) is 3.65. The molecule has 2 fully saturated rings. The Morgan fingerprint density at radius 1 is 1.11 bits per heavy atom. The van der Waals surface area contributed by atoms with Gasteiger partial charge in [0.15, 0.2) is 0 Å². The average Bonchev–Trinajstić information content (AvgIpc) is 2.68. The molecule has 18 heavy (non-hydrogen) atoms. The molecule has 100 valence electrons. The van der Waals surface area contributed by atoms with Gasteiger partial charge in [-0.2, -0.15) is 0 Å². The number of rotatable bonds is 3. The highest BCUT2D eigenvalue weighted by Gasteiger charge is 2.33. The highest BCUT2D eigenvalue weighted by Crippen LogP contribution is 2.28. The number of hydrogen-bond acceptors (Lipinski definition) is 2. The molecule has 1 N–H and O–H groups in total. The summed E-state index contributed by atoms with van der Waals surface area (Å²) in [4.78, 5) is 0. The van der Waals surface area contributed by atoms with E-state index in [0.29, 0.717) is 6.10 Å². The molecule has 0 amide bonds. The summed E-state index contributed by atoms with van der Waals surface area (Å²) in [6.07, 6.45) is 5.55. The second-order valence-electron chi connectivity index (χ2n) is 5.53. The van der Waals surface area contributed by atoms with Crippen LogP contribution in [-0.4, -0.2) is 18.2 Å². The predicted molar refractivity (Wildman–Crippen MR) is 76.2 cm³/mol. The molecule has 3 rings (SSSR count). The van der Waals surface area contributed by atoms with Crippen molar-refractivity contribution in [2.45, 2.75) is 57.4 Å². The van der Waals surface area contributed by atoms with Gasteiger partial charge >= 0.3 is 0 Å². The first-order valence-corrected chi connectivity index (χ1v) is 6.73. The van der Waals surface area contributed by atoms with Crippen LogP contribution < -0.4 is 5.32 Å². The van der Waals surface area contributed by atoms with E-state index in [0.717, 1.165) is 18.7 Å². The Kier molecular flexibility index (Phi) is 4.66. The molecule has 2 aliphatic rings. The number of nitrogens with one attached hydrogen (secondary N) is 1. The Hall–Kier alpha value is -0.570. The molecule has 0 unspecified atom stereocenters. The minimum atomic E-state index is 0. The zero-order chi connectivity index (χ0) is 11.7.